The van der Waals surface area contributed by atoms with Gasteiger partial charge in [-0.25, -0.2) is 8.42 Å². The highest BCUT2D eigenvalue weighted by molar-refractivity contribution is 7.92. The van der Waals surface area contributed by atoms with Gasteiger partial charge in [-0.1, -0.05) is 19.3 Å². The van der Waals surface area contributed by atoms with Gasteiger partial charge in [0.1, 0.15) is 5.75 Å². The van der Waals surface area contributed by atoms with Crippen molar-refractivity contribution in [2.45, 2.75) is 43.8 Å². The van der Waals surface area contributed by atoms with Crippen molar-refractivity contribution in [2.24, 2.45) is 0 Å². The first kappa shape index (κ1) is 15.0. The molecule has 0 aromatic heterocycles. The fourth-order valence-corrected chi connectivity index (χ4v) is 4.02. The van der Waals surface area contributed by atoms with Crippen molar-refractivity contribution in [3.05, 3.63) is 0 Å². The molecule has 0 unspecified atom stereocenters. The van der Waals surface area contributed by atoms with Crippen LogP contribution in [-0.2, 0) is 14.6 Å². The zero-order valence-electron chi connectivity index (χ0n) is 10.8. The van der Waals surface area contributed by atoms with Crippen LogP contribution >= 0.6 is 0 Å². The molecule has 0 heterocycles. The molecule has 18 heavy (non-hydrogen) atoms. The summed E-state index contributed by atoms with van der Waals surface area (Å²) in [6.45, 7) is 0.287. The van der Waals surface area contributed by atoms with Crippen molar-refractivity contribution < 1.29 is 13.2 Å². The van der Waals surface area contributed by atoms with Crippen LogP contribution in [0.4, 0.5) is 0 Å². The van der Waals surface area contributed by atoms with E-state index in [1.165, 1.54) is 11.9 Å². The molecule has 1 amide bonds. The van der Waals surface area contributed by atoms with Gasteiger partial charge in [0.05, 0.1) is 17.7 Å². The van der Waals surface area contributed by atoms with Crippen LogP contribution in [0.15, 0.2) is 0 Å². The van der Waals surface area contributed by atoms with Gasteiger partial charge < -0.3 is 4.90 Å². The summed E-state index contributed by atoms with van der Waals surface area (Å²) >= 11 is 0. The van der Waals surface area contributed by atoms with Crippen molar-refractivity contribution in [3.8, 4) is 6.07 Å². The van der Waals surface area contributed by atoms with Gasteiger partial charge in [-0.2, -0.15) is 5.26 Å². The van der Waals surface area contributed by atoms with Crippen molar-refractivity contribution in [2.75, 3.05) is 19.3 Å². The zero-order valence-corrected chi connectivity index (χ0v) is 11.6. The molecule has 0 radical (unpaired) electrons. The first-order chi connectivity index (χ1) is 8.47. The fourth-order valence-electron chi connectivity index (χ4n) is 2.17. The Bertz CT molecular complexity index is 419. The minimum atomic E-state index is -3.33. The van der Waals surface area contributed by atoms with Gasteiger partial charge in [0.2, 0.25) is 5.91 Å². The quantitative estimate of drug-likeness (QED) is 0.751. The van der Waals surface area contributed by atoms with Crippen LogP contribution in [0.2, 0.25) is 0 Å². The van der Waals surface area contributed by atoms with Crippen LogP contribution in [0, 0.1) is 11.3 Å². The molecular weight excluding hydrogens is 252 g/mol. The lowest BCUT2D eigenvalue weighted by molar-refractivity contribution is -0.127. The number of hydrogen-bond acceptors (Lipinski definition) is 4. The molecule has 0 N–H and O–H groups in total. The first-order valence-corrected chi connectivity index (χ1v) is 8.01. The molecule has 102 valence electrons. The van der Waals surface area contributed by atoms with Gasteiger partial charge in [0.25, 0.3) is 0 Å². The summed E-state index contributed by atoms with van der Waals surface area (Å²) in [5, 5.41) is 8.08. The lowest BCUT2D eigenvalue weighted by atomic mass is 10.0. The number of nitriles is 1. The second-order valence-corrected chi connectivity index (χ2v) is 7.07. The molecule has 0 aliphatic heterocycles. The summed E-state index contributed by atoms with van der Waals surface area (Å²) < 4.78 is 24.1. The molecule has 1 rings (SSSR count). The molecular formula is C12H20N2O3S. The minimum absolute atomic E-state index is 0.228. The van der Waals surface area contributed by atoms with Gasteiger partial charge in [0, 0.05) is 13.6 Å². The zero-order chi connectivity index (χ0) is 13.6. The maximum atomic E-state index is 12.1. The molecule has 1 fully saturated rings. The Morgan fingerprint density at radius 2 is 1.94 bits per heavy atom. The predicted molar refractivity (Wildman–Crippen MR) is 68.5 cm³/mol. The number of carbonyl (C=O) groups excluding carboxylic acids is 1. The van der Waals surface area contributed by atoms with E-state index >= 15 is 0 Å². The van der Waals surface area contributed by atoms with E-state index in [1.807, 2.05) is 6.07 Å². The highest BCUT2D eigenvalue weighted by atomic mass is 32.2. The van der Waals surface area contributed by atoms with E-state index < -0.39 is 21.5 Å². The third-order valence-corrected chi connectivity index (χ3v) is 5.51. The van der Waals surface area contributed by atoms with Crippen LogP contribution < -0.4 is 0 Å². The third kappa shape index (κ3) is 4.30. The first-order valence-electron chi connectivity index (χ1n) is 6.30. The van der Waals surface area contributed by atoms with Crippen molar-refractivity contribution in [1.82, 2.24) is 4.90 Å². The summed E-state index contributed by atoms with van der Waals surface area (Å²) in [7, 11) is -1.79. The van der Waals surface area contributed by atoms with Gasteiger partial charge in [-0.15, -0.1) is 0 Å². The van der Waals surface area contributed by atoms with E-state index in [1.54, 1.807) is 0 Å². The van der Waals surface area contributed by atoms with E-state index in [4.69, 9.17) is 5.26 Å². The largest absolute Gasteiger partial charge is 0.344 e. The average molecular weight is 272 g/mol. The smallest absolute Gasteiger partial charge is 0.237 e. The van der Waals surface area contributed by atoms with Crippen molar-refractivity contribution in [3.63, 3.8) is 0 Å². The highest BCUT2D eigenvalue weighted by Gasteiger charge is 2.30. The summed E-state index contributed by atoms with van der Waals surface area (Å²) in [6, 6.07) is 1.94. The van der Waals surface area contributed by atoms with Gasteiger partial charge in [0.15, 0.2) is 9.84 Å². The van der Waals surface area contributed by atoms with Crippen LogP contribution in [0.25, 0.3) is 0 Å². The van der Waals surface area contributed by atoms with E-state index in [0.717, 1.165) is 19.3 Å². The van der Waals surface area contributed by atoms with Gasteiger partial charge in [-0.05, 0) is 12.8 Å². The molecule has 0 atom stereocenters. The predicted octanol–water partition coefficient (Wildman–Crippen LogP) is 1.11. The van der Waals surface area contributed by atoms with E-state index in [-0.39, 0.29) is 18.2 Å². The molecule has 0 aromatic rings. The highest BCUT2D eigenvalue weighted by Crippen LogP contribution is 2.24. The van der Waals surface area contributed by atoms with E-state index in [9.17, 15) is 13.2 Å². The number of nitrogens with zero attached hydrogens (tertiary/aromatic N) is 2. The Morgan fingerprint density at radius 3 is 2.50 bits per heavy atom. The van der Waals surface area contributed by atoms with Crippen LogP contribution in [-0.4, -0.2) is 43.8 Å². The molecule has 6 heteroatoms. The topological polar surface area (TPSA) is 78.2 Å². The van der Waals surface area contributed by atoms with Crippen molar-refractivity contribution in [1.29, 1.82) is 5.26 Å². The Kier molecular flexibility index (Phi) is 5.60. The molecule has 0 saturated heterocycles. The summed E-state index contributed by atoms with van der Waals surface area (Å²) in [4.78, 5) is 13.1. The van der Waals surface area contributed by atoms with Crippen LogP contribution in [0.1, 0.15) is 38.5 Å². The lowest BCUT2D eigenvalue weighted by Crippen LogP contribution is -2.37. The van der Waals surface area contributed by atoms with Crippen molar-refractivity contribution >= 4 is 15.7 Å². The Hall–Kier alpha value is -1.09. The molecule has 5 nitrogen and oxygen atoms in total. The number of hydrogen-bond donors (Lipinski definition) is 0. The molecule has 1 saturated carbocycles. The summed E-state index contributed by atoms with van der Waals surface area (Å²) in [6.07, 6.45) is 4.54. The SMILES string of the molecule is CN(CCC#N)C(=O)CS(=O)(=O)C1CCCCC1. The second-order valence-electron chi connectivity index (χ2n) is 4.79. The number of carbonyl (C=O) groups is 1. The molecule has 0 aromatic carbocycles. The Morgan fingerprint density at radius 1 is 1.33 bits per heavy atom. The van der Waals surface area contributed by atoms with Gasteiger partial charge in [-0.3, -0.25) is 4.79 Å². The van der Waals surface area contributed by atoms with E-state index in [0.29, 0.717) is 12.8 Å². The Balaban J connectivity index is 2.54. The number of rotatable bonds is 5. The van der Waals surface area contributed by atoms with Crippen LogP contribution in [0.3, 0.4) is 0 Å². The monoisotopic (exact) mass is 272 g/mol. The lowest BCUT2D eigenvalue weighted by Gasteiger charge is -2.23. The molecule has 0 bridgehead atoms. The normalized spacial score (nSPS) is 17.1. The van der Waals surface area contributed by atoms with Crippen LogP contribution in [0.5, 0.6) is 0 Å². The Labute approximate surface area is 109 Å². The second kappa shape index (κ2) is 6.74. The fraction of sp³-hybridized carbons (Fsp3) is 0.833. The minimum Gasteiger partial charge on any atom is -0.344 e. The maximum Gasteiger partial charge on any atom is 0.237 e. The number of amides is 1. The molecule has 0 spiro atoms. The summed E-state index contributed by atoms with van der Waals surface area (Å²) in [5.74, 6) is -0.824. The summed E-state index contributed by atoms with van der Waals surface area (Å²) in [5.41, 5.74) is 0. The number of sulfone groups is 1. The molecule has 1 aliphatic carbocycles. The third-order valence-electron chi connectivity index (χ3n) is 3.37. The average Bonchev–Trinajstić information content (AvgIpc) is 2.36. The van der Waals surface area contributed by atoms with E-state index in [2.05, 4.69) is 0 Å². The standard InChI is InChI=1S/C12H20N2O3S/c1-14(9-5-8-13)12(15)10-18(16,17)11-6-3-2-4-7-11/h11H,2-7,9-10H2,1H3. The molecule has 1 aliphatic rings. The van der Waals surface area contributed by atoms with Gasteiger partial charge >= 0.3 is 0 Å². The maximum absolute atomic E-state index is 12.1.